The maximum absolute atomic E-state index is 6.19. The van der Waals surface area contributed by atoms with Crippen LogP contribution >= 0.6 is 11.6 Å². The third-order valence-electron chi connectivity index (χ3n) is 3.09. The molecule has 2 rings (SSSR count). The van der Waals surface area contributed by atoms with E-state index < -0.39 is 0 Å². The van der Waals surface area contributed by atoms with Crippen molar-refractivity contribution in [2.24, 2.45) is 13.0 Å². The van der Waals surface area contributed by atoms with Crippen LogP contribution in [-0.2, 0) is 11.8 Å². The molecule has 1 aromatic rings. The molecule has 0 amide bonds. The van der Waals surface area contributed by atoms with Gasteiger partial charge in [0.2, 0.25) is 0 Å². The van der Waals surface area contributed by atoms with E-state index in [-0.39, 0.29) is 6.04 Å². The molecule has 1 aliphatic rings. The molecule has 0 aliphatic carbocycles. The lowest BCUT2D eigenvalue weighted by Gasteiger charge is -2.23. The predicted octanol–water partition coefficient (Wildman–Crippen LogP) is 1.76. The zero-order valence-corrected chi connectivity index (χ0v) is 10.5. The van der Waals surface area contributed by atoms with Gasteiger partial charge < -0.3 is 10.1 Å². The van der Waals surface area contributed by atoms with Crippen molar-refractivity contribution >= 4 is 11.6 Å². The van der Waals surface area contributed by atoms with E-state index in [2.05, 4.69) is 17.3 Å². The lowest BCUT2D eigenvalue weighted by Crippen LogP contribution is -2.30. The Kier molecular flexibility index (Phi) is 3.84. The van der Waals surface area contributed by atoms with E-state index in [0.717, 1.165) is 36.9 Å². The largest absolute Gasteiger partial charge is 0.381 e. The molecule has 0 radical (unpaired) electrons. The molecular weight excluding hydrogens is 226 g/mol. The van der Waals surface area contributed by atoms with E-state index >= 15 is 0 Å². The topological polar surface area (TPSA) is 39.1 Å². The van der Waals surface area contributed by atoms with Crippen molar-refractivity contribution in [1.82, 2.24) is 15.1 Å². The van der Waals surface area contributed by atoms with Crippen LogP contribution in [0.1, 0.15) is 25.1 Å². The molecular formula is C11H18ClN3O. The molecule has 1 N–H and O–H groups in total. The summed E-state index contributed by atoms with van der Waals surface area (Å²) in [5.74, 6) is 0.493. The molecule has 5 heteroatoms. The van der Waals surface area contributed by atoms with E-state index in [0.29, 0.717) is 5.92 Å². The minimum absolute atomic E-state index is 0.243. The van der Waals surface area contributed by atoms with Crippen LogP contribution in [0.25, 0.3) is 0 Å². The summed E-state index contributed by atoms with van der Waals surface area (Å²) in [7, 11) is 1.93. The normalized spacial score (nSPS) is 22.6. The summed E-state index contributed by atoms with van der Waals surface area (Å²) in [6.45, 7) is 4.68. The van der Waals surface area contributed by atoms with Gasteiger partial charge in [0.25, 0.3) is 0 Å². The summed E-state index contributed by atoms with van der Waals surface area (Å²) in [6, 6.07) is 0.243. The van der Waals surface area contributed by atoms with Crippen molar-refractivity contribution in [3.8, 4) is 0 Å². The number of hydrogen-bond donors (Lipinski definition) is 1. The van der Waals surface area contributed by atoms with Crippen LogP contribution in [0.5, 0.6) is 0 Å². The van der Waals surface area contributed by atoms with Gasteiger partial charge >= 0.3 is 0 Å². The summed E-state index contributed by atoms with van der Waals surface area (Å²) in [4.78, 5) is 0. The Balaban J connectivity index is 2.24. The number of nitrogens with zero attached hydrogens (tertiary/aromatic N) is 2. The van der Waals surface area contributed by atoms with E-state index in [4.69, 9.17) is 16.3 Å². The number of nitrogens with one attached hydrogen (secondary N) is 1. The molecule has 4 nitrogen and oxygen atoms in total. The number of aryl methyl sites for hydroxylation is 1. The fourth-order valence-electron chi connectivity index (χ4n) is 2.29. The van der Waals surface area contributed by atoms with Crippen LogP contribution in [0, 0.1) is 5.92 Å². The summed E-state index contributed by atoms with van der Waals surface area (Å²) in [5, 5.41) is 8.41. The Bertz CT molecular complexity index is 327. The number of aromatic nitrogens is 2. The molecule has 2 heterocycles. The Morgan fingerprint density at radius 1 is 1.75 bits per heavy atom. The molecule has 2 atom stereocenters. The first kappa shape index (κ1) is 11.9. The fourth-order valence-corrected chi connectivity index (χ4v) is 2.58. The summed E-state index contributed by atoms with van der Waals surface area (Å²) < 4.78 is 7.30. The maximum atomic E-state index is 6.19. The highest BCUT2D eigenvalue weighted by Gasteiger charge is 2.30. The van der Waals surface area contributed by atoms with Crippen LogP contribution in [0.4, 0.5) is 0 Å². The Morgan fingerprint density at radius 2 is 2.56 bits per heavy atom. The molecule has 1 aliphatic heterocycles. The first-order valence-corrected chi connectivity index (χ1v) is 6.10. The van der Waals surface area contributed by atoms with Gasteiger partial charge in [-0.2, -0.15) is 5.10 Å². The Labute approximate surface area is 101 Å². The number of rotatable bonds is 4. The van der Waals surface area contributed by atoms with Crippen molar-refractivity contribution in [2.75, 3.05) is 19.8 Å². The second kappa shape index (κ2) is 5.17. The first-order valence-electron chi connectivity index (χ1n) is 5.72. The molecule has 0 bridgehead atoms. The summed E-state index contributed by atoms with van der Waals surface area (Å²) in [6.07, 6.45) is 2.79. The highest BCUT2D eigenvalue weighted by Crippen LogP contribution is 2.32. The smallest absolute Gasteiger partial charge is 0.0834 e. The molecule has 2 unspecified atom stereocenters. The molecule has 90 valence electrons. The average molecular weight is 244 g/mol. The summed E-state index contributed by atoms with van der Waals surface area (Å²) >= 11 is 6.19. The molecule has 0 saturated carbocycles. The van der Waals surface area contributed by atoms with Gasteiger partial charge in [0.15, 0.2) is 0 Å². The monoisotopic (exact) mass is 243 g/mol. The molecule has 16 heavy (non-hydrogen) atoms. The van der Waals surface area contributed by atoms with Crippen molar-refractivity contribution < 1.29 is 4.74 Å². The first-order chi connectivity index (χ1) is 7.74. The fraction of sp³-hybridized carbons (Fsp3) is 0.727. The number of halogens is 1. The number of hydrogen-bond acceptors (Lipinski definition) is 3. The van der Waals surface area contributed by atoms with Gasteiger partial charge in [-0.1, -0.05) is 18.5 Å². The van der Waals surface area contributed by atoms with Gasteiger partial charge in [0.1, 0.15) is 0 Å². The molecule has 1 aromatic heterocycles. The van der Waals surface area contributed by atoms with E-state index in [1.807, 2.05) is 11.7 Å². The van der Waals surface area contributed by atoms with Crippen LogP contribution in [0.3, 0.4) is 0 Å². The van der Waals surface area contributed by atoms with Crippen LogP contribution < -0.4 is 5.32 Å². The minimum atomic E-state index is 0.243. The van der Waals surface area contributed by atoms with Gasteiger partial charge in [-0.3, -0.25) is 4.68 Å². The molecule has 0 spiro atoms. The second-order valence-electron chi connectivity index (χ2n) is 4.16. The minimum Gasteiger partial charge on any atom is -0.381 e. The van der Waals surface area contributed by atoms with Gasteiger partial charge in [0, 0.05) is 19.6 Å². The van der Waals surface area contributed by atoms with E-state index in [1.54, 1.807) is 6.20 Å². The lowest BCUT2D eigenvalue weighted by atomic mass is 9.96. The quantitative estimate of drug-likeness (QED) is 0.876. The van der Waals surface area contributed by atoms with Gasteiger partial charge in [0.05, 0.1) is 29.6 Å². The standard InChI is InChI=1S/C11H18ClN3O/c1-3-13-10(8-4-5-16-7-8)11-9(12)6-14-15(11)2/h6,8,10,13H,3-5,7H2,1-2H3. The third kappa shape index (κ3) is 2.24. The van der Waals surface area contributed by atoms with Gasteiger partial charge in [-0.05, 0) is 13.0 Å². The van der Waals surface area contributed by atoms with Gasteiger partial charge in [-0.15, -0.1) is 0 Å². The summed E-state index contributed by atoms with van der Waals surface area (Å²) in [5.41, 5.74) is 1.07. The van der Waals surface area contributed by atoms with Crippen molar-refractivity contribution in [3.05, 3.63) is 16.9 Å². The Hall–Kier alpha value is -0.580. The highest BCUT2D eigenvalue weighted by atomic mass is 35.5. The Morgan fingerprint density at radius 3 is 3.06 bits per heavy atom. The maximum Gasteiger partial charge on any atom is 0.0834 e. The van der Waals surface area contributed by atoms with Gasteiger partial charge in [-0.25, -0.2) is 0 Å². The highest BCUT2D eigenvalue weighted by molar-refractivity contribution is 6.31. The SMILES string of the molecule is CCNC(c1c(Cl)cnn1C)C1CCOC1. The van der Waals surface area contributed by atoms with E-state index in [9.17, 15) is 0 Å². The molecule has 0 aromatic carbocycles. The zero-order valence-electron chi connectivity index (χ0n) is 9.74. The predicted molar refractivity (Wildman–Crippen MR) is 63.6 cm³/mol. The third-order valence-corrected chi connectivity index (χ3v) is 3.38. The molecule has 1 saturated heterocycles. The lowest BCUT2D eigenvalue weighted by molar-refractivity contribution is 0.176. The van der Waals surface area contributed by atoms with Crippen LogP contribution in [0.2, 0.25) is 5.02 Å². The number of ether oxygens (including phenoxy) is 1. The van der Waals surface area contributed by atoms with E-state index in [1.165, 1.54) is 0 Å². The van der Waals surface area contributed by atoms with Crippen molar-refractivity contribution in [3.63, 3.8) is 0 Å². The zero-order chi connectivity index (χ0) is 11.5. The van der Waals surface area contributed by atoms with Crippen molar-refractivity contribution in [2.45, 2.75) is 19.4 Å². The van der Waals surface area contributed by atoms with Crippen molar-refractivity contribution in [1.29, 1.82) is 0 Å². The second-order valence-corrected chi connectivity index (χ2v) is 4.57. The van der Waals surface area contributed by atoms with Crippen LogP contribution in [0.15, 0.2) is 6.20 Å². The average Bonchev–Trinajstić information content (AvgIpc) is 2.87. The molecule has 1 fully saturated rings. The van der Waals surface area contributed by atoms with Crippen LogP contribution in [-0.4, -0.2) is 29.5 Å².